The number of hydrogen-bond acceptors (Lipinski definition) is 3. The lowest BCUT2D eigenvalue weighted by molar-refractivity contribution is 0.238. The van der Waals surface area contributed by atoms with Crippen molar-refractivity contribution in [1.82, 2.24) is 15.3 Å². The highest BCUT2D eigenvalue weighted by Gasteiger charge is 2.05. The minimum atomic E-state index is 0.177. The molecule has 0 saturated heterocycles. The van der Waals surface area contributed by atoms with Gasteiger partial charge in [-0.1, -0.05) is 6.92 Å². The lowest BCUT2D eigenvalue weighted by atomic mass is 10.2. The van der Waals surface area contributed by atoms with Gasteiger partial charge in [0.05, 0.1) is 18.6 Å². The molecule has 0 saturated carbocycles. The second-order valence-electron chi connectivity index (χ2n) is 3.14. The van der Waals surface area contributed by atoms with Gasteiger partial charge in [0.2, 0.25) is 0 Å². The van der Waals surface area contributed by atoms with Gasteiger partial charge in [-0.3, -0.25) is 0 Å². The summed E-state index contributed by atoms with van der Waals surface area (Å²) in [6.07, 6.45) is 2.62. The van der Waals surface area contributed by atoms with Crippen LogP contribution in [0.15, 0.2) is 6.33 Å². The van der Waals surface area contributed by atoms with E-state index in [0.29, 0.717) is 6.54 Å². The van der Waals surface area contributed by atoms with Crippen molar-refractivity contribution < 1.29 is 5.11 Å². The van der Waals surface area contributed by atoms with E-state index >= 15 is 0 Å². The van der Waals surface area contributed by atoms with Crippen molar-refractivity contribution in [2.75, 3.05) is 6.61 Å². The van der Waals surface area contributed by atoms with E-state index < -0.39 is 0 Å². The van der Waals surface area contributed by atoms with E-state index in [4.69, 9.17) is 5.11 Å². The first-order chi connectivity index (χ1) is 6.27. The molecule has 0 fully saturated rings. The summed E-state index contributed by atoms with van der Waals surface area (Å²) >= 11 is 0. The zero-order chi connectivity index (χ0) is 9.68. The molecule has 4 heteroatoms. The average molecular weight is 183 g/mol. The summed E-state index contributed by atoms with van der Waals surface area (Å²) in [7, 11) is 0. The number of aliphatic hydroxyl groups excluding tert-OH is 1. The summed E-state index contributed by atoms with van der Waals surface area (Å²) in [6.45, 7) is 4.93. The van der Waals surface area contributed by atoms with Gasteiger partial charge in [-0.25, -0.2) is 4.98 Å². The van der Waals surface area contributed by atoms with E-state index in [0.717, 1.165) is 17.8 Å². The molecule has 13 heavy (non-hydrogen) atoms. The highest BCUT2D eigenvalue weighted by Crippen LogP contribution is 2.00. The summed E-state index contributed by atoms with van der Waals surface area (Å²) in [4.78, 5) is 7.17. The zero-order valence-corrected chi connectivity index (χ0v) is 8.17. The topological polar surface area (TPSA) is 60.9 Å². The van der Waals surface area contributed by atoms with Crippen LogP contribution in [0.3, 0.4) is 0 Å². The van der Waals surface area contributed by atoms with Crippen molar-refractivity contribution in [2.24, 2.45) is 0 Å². The molecule has 1 heterocycles. The first-order valence-corrected chi connectivity index (χ1v) is 4.61. The summed E-state index contributed by atoms with van der Waals surface area (Å²) < 4.78 is 0. The fourth-order valence-electron chi connectivity index (χ4n) is 1.14. The number of H-pyrrole nitrogens is 1. The van der Waals surface area contributed by atoms with Gasteiger partial charge in [-0.2, -0.15) is 0 Å². The molecule has 4 nitrogen and oxygen atoms in total. The second-order valence-corrected chi connectivity index (χ2v) is 3.14. The molecule has 0 aliphatic heterocycles. The largest absolute Gasteiger partial charge is 0.395 e. The van der Waals surface area contributed by atoms with Gasteiger partial charge < -0.3 is 15.4 Å². The van der Waals surface area contributed by atoms with Gasteiger partial charge >= 0.3 is 0 Å². The van der Waals surface area contributed by atoms with Gasteiger partial charge in [-0.15, -0.1) is 0 Å². The second kappa shape index (κ2) is 4.99. The number of aryl methyl sites for hydroxylation is 1. The molecule has 0 aromatic carbocycles. The molecule has 0 amide bonds. The Kier molecular flexibility index (Phi) is 3.92. The van der Waals surface area contributed by atoms with Crippen molar-refractivity contribution in [3.63, 3.8) is 0 Å². The molecule has 0 aliphatic carbocycles. The molecular weight excluding hydrogens is 166 g/mol. The third kappa shape index (κ3) is 2.82. The van der Waals surface area contributed by atoms with Gasteiger partial charge in [0.1, 0.15) is 0 Å². The summed E-state index contributed by atoms with van der Waals surface area (Å²) in [5.74, 6) is 0. The summed E-state index contributed by atoms with van der Waals surface area (Å²) in [5, 5.41) is 12.2. The summed E-state index contributed by atoms with van der Waals surface area (Å²) in [6, 6.07) is 0.177. The summed E-state index contributed by atoms with van der Waals surface area (Å²) in [5.41, 5.74) is 2.10. The number of aromatic amines is 1. The SMILES string of the molecule is CC[C@@H](CO)NCc1nc[nH]c1C. The van der Waals surface area contributed by atoms with Crippen LogP contribution in [-0.4, -0.2) is 27.7 Å². The molecule has 1 aromatic heterocycles. The Morgan fingerprint density at radius 3 is 2.92 bits per heavy atom. The predicted octanol–water partition coefficient (Wildman–Crippen LogP) is 0.579. The molecule has 0 unspecified atom stereocenters. The van der Waals surface area contributed by atoms with Crippen LogP contribution >= 0.6 is 0 Å². The maximum atomic E-state index is 8.93. The van der Waals surface area contributed by atoms with Crippen LogP contribution in [-0.2, 0) is 6.54 Å². The van der Waals surface area contributed by atoms with Crippen molar-refractivity contribution in [1.29, 1.82) is 0 Å². The Bertz CT molecular complexity index is 243. The third-order valence-corrected chi connectivity index (χ3v) is 2.21. The van der Waals surface area contributed by atoms with E-state index in [-0.39, 0.29) is 12.6 Å². The first kappa shape index (κ1) is 10.2. The number of rotatable bonds is 5. The van der Waals surface area contributed by atoms with E-state index in [1.165, 1.54) is 0 Å². The van der Waals surface area contributed by atoms with Crippen molar-refractivity contribution >= 4 is 0 Å². The van der Waals surface area contributed by atoms with Gasteiger partial charge in [0, 0.05) is 18.3 Å². The van der Waals surface area contributed by atoms with E-state index in [1.807, 2.05) is 13.8 Å². The van der Waals surface area contributed by atoms with Gasteiger partial charge in [0.15, 0.2) is 0 Å². The number of aliphatic hydroxyl groups is 1. The van der Waals surface area contributed by atoms with Crippen molar-refractivity contribution in [3.05, 3.63) is 17.7 Å². The average Bonchev–Trinajstić information content (AvgIpc) is 2.54. The van der Waals surface area contributed by atoms with Gasteiger partial charge in [-0.05, 0) is 13.3 Å². The fourth-order valence-corrected chi connectivity index (χ4v) is 1.14. The Morgan fingerprint density at radius 1 is 1.69 bits per heavy atom. The Hall–Kier alpha value is -0.870. The van der Waals surface area contributed by atoms with Crippen LogP contribution in [0, 0.1) is 6.92 Å². The normalized spacial score (nSPS) is 13.2. The van der Waals surface area contributed by atoms with Crippen LogP contribution in [0.4, 0.5) is 0 Å². The molecule has 0 aliphatic rings. The molecule has 0 bridgehead atoms. The molecule has 0 radical (unpaired) electrons. The minimum absolute atomic E-state index is 0.177. The van der Waals surface area contributed by atoms with E-state index in [2.05, 4.69) is 15.3 Å². The lowest BCUT2D eigenvalue weighted by Crippen LogP contribution is -2.31. The monoisotopic (exact) mass is 183 g/mol. The third-order valence-electron chi connectivity index (χ3n) is 2.21. The first-order valence-electron chi connectivity index (χ1n) is 4.61. The van der Waals surface area contributed by atoms with E-state index in [1.54, 1.807) is 6.33 Å². The van der Waals surface area contributed by atoms with E-state index in [9.17, 15) is 0 Å². The quantitative estimate of drug-likeness (QED) is 0.625. The van der Waals surface area contributed by atoms with Crippen LogP contribution in [0.1, 0.15) is 24.7 Å². The molecular formula is C9H17N3O. The van der Waals surface area contributed by atoms with Crippen molar-refractivity contribution in [3.8, 4) is 0 Å². The molecule has 1 rings (SSSR count). The zero-order valence-electron chi connectivity index (χ0n) is 8.17. The molecule has 0 spiro atoms. The van der Waals surface area contributed by atoms with Crippen LogP contribution in [0.5, 0.6) is 0 Å². The smallest absolute Gasteiger partial charge is 0.0925 e. The number of nitrogens with zero attached hydrogens (tertiary/aromatic N) is 1. The highest BCUT2D eigenvalue weighted by atomic mass is 16.3. The Morgan fingerprint density at radius 2 is 2.46 bits per heavy atom. The Balaban J connectivity index is 2.38. The minimum Gasteiger partial charge on any atom is -0.395 e. The predicted molar refractivity (Wildman–Crippen MR) is 51.3 cm³/mol. The van der Waals surface area contributed by atoms with Crippen LogP contribution in [0.2, 0.25) is 0 Å². The van der Waals surface area contributed by atoms with Gasteiger partial charge in [0.25, 0.3) is 0 Å². The van der Waals surface area contributed by atoms with Crippen LogP contribution in [0.25, 0.3) is 0 Å². The lowest BCUT2D eigenvalue weighted by Gasteiger charge is -2.12. The van der Waals surface area contributed by atoms with Crippen molar-refractivity contribution in [2.45, 2.75) is 32.9 Å². The number of nitrogens with one attached hydrogen (secondary N) is 2. The molecule has 1 aromatic rings. The number of hydrogen-bond donors (Lipinski definition) is 3. The standard InChI is InChI=1S/C9H17N3O/c1-3-8(5-13)10-4-9-7(2)11-6-12-9/h6,8,10,13H,3-5H2,1-2H3,(H,11,12)/t8-/m0/s1. The molecule has 1 atom stereocenters. The number of imidazole rings is 1. The molecule has 3 N–H and O–H groups in total. The Labute approximate surface area is 78.4 Å². The number of aromatic nitrogens is 2. The van der Waals surface area contributed by atoms with Crippen LogP contribution < -0.4 is 5.32 Å². The maximum Gasteiger partial charge on any atom is 0.0925 e. The fraction of sp³-hybridized carbons (Fsp3) is 0.667. The molecule has 74 valence electrons. The highest BCUT2D eigenvalue weighted by molar-refractivity contribution is 5.08. The maximum absolute atomic E-state index is 8.93.